The fourth-order valence-electron chi connectivity index (χ4n) is 2.45. The van der Waals surface area contributed by atoms with Crippen molar-refractivity contribution >= 4 is 17.8 Å². The second kappa shape index (κ2) is 7.05. The monoisotopic (exact) mass is 336 g/mol. The Bertz CT molecular complexity index is 879. The number of para-hydroxylation sites is 1. The molecule has 0 saturated carbocycles. The quantitative estimate of drug-likeness (QED) is 0.474. The van der Waals surface area contributed by atoms with E-state index < -0.39 is 5.97 Å². The van der Waals surface area contributed by atoms with E-state index in [0.29, 0.717) is 34.8 Å². The molecule has 0 unspecified atom stereocenters. The van der Waals surface area contributed by atoms with Crippen LogP contribution in [0.1, 0.15) is 26.3 Å². The molecule has 0 bridgehead atoms. The molecule has 0 atom stereocenters. The first-order valence-corrected chi connectivity index (χ1v) is 7.63. The molecule has 2 aromatic carbocycles. The topological polar surface area (TPSA) is 61.8 Å². The molecule has 0 N–H and O–H groups in total. The van der Waals surface area contributed by atoms with Crippen LogP contribution >= 0.6 is 0 Å². The molecule has 5 nitrogen and oxygen atoms in total. The van der Waals surface area contributed by atoms with Gasteiger partial charge in [0.25, 0.3) is 0 Å². The lowest BCUT2D eigenvalue weighted by molar-refractivity contribution is 0.0600. The van der Waals surface area contributed by atoms with Gasteiger partial charge in [0, 0.05) is 5.56 Å². The average Bonchev–Trinajstić information content (AvgIpc) is 2.95. The van der Waals surface area contributed by atoms with Gasteiger partial charge >= 0.3 is 5.97 Å². The largest absolute Gasteiger partial charge is 0.489 e. The smallest absolute Gasteiger partial charge is 0.337 e. The van der Waals surface area contributed by atoms with Crippen molar-refractivity contribution in [3.05, 3.63) is 77.6 Å². The molecule has 0 aliphatic carbocycles. The minimum Gasteiger partial charge on any atom is -0.489 e. The second-order valence-corrected chi connectivity index (χ2v) is 5.28. The summed E-state index contributed by atoms with van der Waals surface area (Å²) in [7, 11) is 1.29. The molecule has 0 spiro atoms. The lowest BCUT2D eigenvalue weighted by atomic mass is 10.1. The minimum atomic E-state index is -0.504. The molecule has 0 fully saturated rings. The Morgan fingerprint density at radius 2 is 2.04 bits per heavy atom. The number of carbonyl (C=O) groups is 2. The molecule has 126 valence electrons. The summed E-state index contributed by atoms with van der Waals surface area (Å²) in [6.07, 6.45) is 3.27. The number of benzene rings is 2. The van der Waals surface area contributed by atoms with E-state index in [1.54, 1.807) is 30.4 Å². The standard InChI is InChI=1S/C20H16O5/c1-3-10-24-16-7-5-4-6-13(16)12-18-19(21)15-11-14(20(22)23-2)8-9-17(15)25-18/h3-9,11-12H,1,10H2,2H3/b18-12-. The van der Waals surface area contributed by atoms with Crippen LogP contribution in [0.2, 0.25) is 0 Å². The van der Waals surface area contributed by atoms with E-state index in [9.17, 15) is 9.59 Å². The third-order valence-electron chi connectivity index (χ3n) is 3.65. The van der Waals surface area contributed by atoms with Gasteiger partial charge in [0.1, 0.15) is 18.1 Å². The number of carbonyl (C=O) groups excluding carboxylic acids is 2. The zero-order chi connectivity index (χ0) is 17.8. The van der Waals surface area contributed by atoms with E-state index in [1.807, 2.05) is 18.2 Å². The number of Topliss-reactive ketones (excluding diaryl/α,β-unsaturated/α-hetero) is 1. The summed E-state index contributed by atoms with van der Waals surface area (Å²) >= 11 is 0. The second-order valence-electron chi connectivity index (χ2n) is 5.28. The van der Waals surface area contributed by atoms with Crippen LogP contribution < -0.4 is 9.47 Å². The Morgan fingerprint density at radius 3 is 2.80 bits per heavy atom. The molecule has 1 aliphatic heterocycles. The van der Waals surface area contributed by atoms with Crippen molar-refractivity contribution in [3.8, 4) is 11.5 Å². The molecule has 0 radical (unpaired) electrons. The summed E-state index contributed by atoms with van der Waals surface area (Å²) in [6, 6.07) is 11.9. The lowest BCUT2D eigenvalue weighted by Crippen LogP contribution is -2.03. The van der Waals surface area contributed by atoms with Crippen LogP contribution in [0.15, 0.2) is 60.9 Å². The average molecular weight is 336 g/mol. The van der Waals surface area contributed by atoms with Crippen LogP contribution in [0.4, 0.5) is 0 Å². The van der Waals surface area contributed by atoms with E-state index in [1.165, 1.54) is 13.2 Å². The molecule has 25 heavy (non-hydrogen) atoms. The predicted molar refractivity (Wildman–Crippen MR) is 92.9 cm³/mol. The van der Waals surface area contributed by atoms with Crippen molar-refractivity contribution in [2.75, 3.05) is 13.7 Å². The Hall–Kier alpha value is -3.34. The highest BCUT2D eigenvalue weighted by Gasteiger charge is 2.28. The van der Waals surface area contributed by atoms with Gasteiger partial charge < -0.3 is 14.2 Å². The van der Waals surface area contributed by atoms with Crippen LogP contribution in [0.5, 0.6) is 11.5 Å². The van der Waals surface area contributed by atoms with Gasteiger partial charge in [-0.05, 0) is 30.3 Å². The van der Waals surface area contributed by atoms with Gasteiger partial charge in [-0.2, -0.15) is 0 Å². The first-order valence-electron chi connectivity index (χ1n) is 7.63. The molecular weight excluding hydrogens is 320 g/mol. The number of rotatable bonds is 5. The summed E-state index contributed by atoms with van der Waals surface area (Å²) in [5.74, 6) is 0.410. The van der Waals surface area contributed by atoms with E-state index in [-0.39, 0.29) is 11.5 Å². The van der Waals surface area contributed by atoms with Crippen molar-refractivity contribution in [1.29, 1.82) is 0 Å². The molecule has 2 aromatic rings. The van der Waals surface area contributed by atoms with Gasteiger partial charge in [-0.15, -0.1) is 0 Å². The number of hydrogen-bond acceptors (Lipinski definition) is 5. The third kappa shape index (κ3) is 3.30. The Kier molecular flexibility index (Phi) is 4.66. The van der Waals surface area contributed by atoms with Gasteiger partial charge in [-0.1, -0.05) is 30.9 Å². The molecular formula is C20H16O5. The SMILES string of the molecule is C=CCOc1ccccc1/C=C1\Oc2ccc(C(=O)OC)cc2C1=O. The summed E-state index contributed by atoms with van der Waals surface area (Å²) in [6.45, 7) is 3.98. The normalized spacial score (nSPS) is 14.0. The van der Waals surface area contributed by atoms with Crippen LogP contribution in [0, 0.1) is 0 Å². The fraction of sp³-hybridized carbons (Fsp3) is 0.100. The zero-order valence-electron chi connectivity index (χ0n) is 13.7. The van der Waals surface area contributed by atoms with Gasteiger partial charge in [0.2, 0.25) is 5.78 Å². The zero-order valence-corrected chi connectivity index (χ0v) is 13.7. The Labute approximate surface area is 145 Å². The molecule has 3 rings (SSSR count). The summed E-state index contributed by atoms with van der Waals surface area (Å²) in [5, 5.41) is 0. The number of allylic oxidation sites excluding steroid dienone is 1. The van der Waals surface area contributed by atoms with E-state index in [2.05, 4.69) is 11.3 Å². The minimum absolute atomic E-state index is 0.173. The molecule has 0 saturated heterocycles. The molecule has 1 heterocycles. The van der Waals surface area contributed by atoms with Crippen LogP contribution in [-0.2, 0) is 4.74 Å². The van der Waals surface area contributed by atoms with Crippen molar-refractivity contribution in [2.45, 2.75) is 0 Å². The number of fused-ring (bicyclic) bond motifs is 1. The summed E-state index contributed by atoms with van der Waals surface area (Å²) < 4.78 is 15.9. The maximum atomic E-state index is 12.6. The number of esters is 1. The third-order valence-corrected chi connectivity index (χ3v) is 3.65. The van der Waals surface area contributed by atoms with Gasteiger partial charge in [-0.25, -0.2) is 4.79 Å². The first-order chi connectivity index (χ1) is 12.1. The van der Waals surface area contributed by atoms with E-state index in [0.717, 1.165) is 0 Å². The highest BCUT2D eigenvalue weighted by Crippen LogP contribution is 2.33. The number of ether oxygens (including phenoxy) is 3. The van der Waals surface area contributed by atoms with Crippen molar-refractivity contribution in [2.24, 2.45) is 0 Å². The van der Waals surface area contributed by atoms with Gasteiger partial charge in [0.15, 0.2) is 5.76 Å². The number of hydrogen-bond donors (Lipinski definition) is 0. The van der Waals surface area contributed by atoms with Gasteiger partial charge in [0.05, 0.1) is 18.2 Å². The van der Waals surface area contributed by atoms with Crippen LogP contribution in [0.3, 0.4) is 0 Å². The van der Waals surface area contributed by atoms with Crippen molar-refractivity contribution < 1.29 is 23.8 Å². The maximum Gasteiger partial charge on any atom is 0.337 e. The first kappa shape index (κ1) is 16.5. The van der Waals surface area contributed by atoms with E-state index >= 15 is 0 Å². The highest BCUT2D eigenvalue weighted by molar-refractivity contribution is 6.15. The van der Waals surface area contributed by atoms with E-state index in [4.69, 9.17) is 9.47 Å². The fourth-order valence-corrected chi connectivity index (χ4v) is 2.45. The van der Waals surface area contributed by atoms with Crippen LogP contribution in [-0.4, -0.2) is 25.5 Å². The Morgan fingerprint density at radius 1 is 1.24 bits per heavy atom. The maximum absolute atomic E-state index is 12.6. The van der Waals surface area contributed by atoms with Crippen molar-refractivity contribution in [1.82, 2.24) is 0 Å². The molecule has 0 amide bonds. The highest BCUT2D eigenvalue weighted by atomic mass is 16.5. The lowest BCUT2D eigenvalue weighted by Gasteiger charge is -2.07. The number of ketones is 1. The van der Waals surface area contributed by atoms with Crippen LogP contribution in [0.25, 0.3) is 6.08 Å². The molecule has 1 aliphatic rings. The van der Waals surface area contributed by atoms with Crippen molar-refractivity contribution in [3.63, 3.8) is 0 Å². The summed E-state index contributed by atoms with van der Waals surface area (Å²) in [4.78, 5) is 24.2. The Balaban J connectivity index is 1.93. The molecule has 0 aromatic heterocycles. The summed E-state index contributed by atoms with van der Waals surface area (Å²) in [5.41, 5.74) is 1.35. The molecule has 5 heteroatoms. The number of methoxy groups -OCH3 is 1. The predicted octanol–water partition coefficient (Wildman–Crippen LogP) is 3.65. The van der Waals surface area contributed by atoms with Gasteiger partial charge in [-0.3, -0.25) is 4.79 Å².